The molecule has 13 atom stereocenters. The molecular formula is C66H79N7O25S. The number of fused-ring (bicyclic) bond motifs is 6. The van der Waals surface area contributed by atoms with Gasteiger partial charge < -0.3 is 117 Å². The first-order valence-electron chi connectivity index (χ1n) is 31.9. The molecule has 534 valence electrons. The first-order valence-corrected chi connectivity index (χ1v) is 32.5. The van der Waals surface area contributed by atoms with Crippen LogP contribution in [0.5, 0.6) is 34.5 Å². The number of nitrogens with zero attached hydrogens (tertiary/aromatic N) is 2. The number of amides is 3. The van der Waals surface area contributed by atoms with E-state index in [1.165, 1.54) is 64.5 Å². The van der Waals surface area contributed by atoms with E-state index in [2.05, 4.69) is 38.9 Å². The molecule has 2 aliphatic heterocycles. The van der Waals surface area contributed by atoms with E-state index < -0.39 is 228 Å². The van der Waals surface area contributed by atoms with Gasteiger partial charge in [-0.1, -0.05) is 34.6 Å². The first kappa shape index (κ1) is 73.3. The number of aliphatic hydroxyl groups is 6. The number of aromatic hydroxyl groups is 4. The van der Waals surface area contributed by atoms with Gasteiger partial charge in [0.1, 0.15) is 63.2 Å². The van der Waals surface area contributed by atoms with Gasteiger partial charge in [0.15, 0.2) is 37.4 Å². The third-order valence-corrected chi connectivity index (χ3v) is 18.9. The van der Waals surface area contributed by atoms with E-state index in [1.807, 2.05) is 0 Å². The average molecular weight is 1400 g/mol. The second kappa shape index (κ2) is 30.2. The van der Waals surface area contributed by atoms with E-state index in [1.54, 1.807) is 0 Å². The molecule has 0 spiro atoms. The maximum atomic E-state index is 14.2. The summed E-state index contributed by atoms with van der Waals surface area (Å²) in [4.78, 5) is 107. The van der Waals surface area contributed by atoms with Crippen LogP contribution in [-0.4, -0.2) is 229 Å². The van der Waals surface area contributed by atoms with Gasteiger partial charge in [-0.05, 0) is 45.2 Å². The number of phenolic OH excluding ortho intramolecular Hbond substituents is 4. The molecule has 0 bridgehead atoms. The third-order valence-electron chi connectivity index (χ3n) is 18.7. The maximum Gasteiger partial charge on any atom is 0.261 e. The van der Waals surface area contributed by atoms with Crippen molar-refractivity contribution < 1.29 is 123 Å². The van der Waals surface area contributed by atoms with Crippen molar-refractivity contribution in [3.05, 3.63) is 103 Å². The summed E-state index contributed by atoms with van der Waals surface area (Å²) >= 11 is 4.14. The zero-order chi connectivity index (χ0) is 71.7. The van der Waals surface area contributed by atoms with E-state index in [9.17, 15) is 84.6 Å². The summed E-state index contributed by atoms with van der Waals surface area (Å²) in [7, 11) is 2.57. The summed E-state index contributed by atoms with van der Waals surface area (Å²) in [5.74, 6) is -8.50. The van der Waals surface area contributed by atoms with Gasteiger partial charge in [-0.15, -0.1) is 0 Å². The Bertz CT molecular complexity index is 3900. The molecule has 0 radical (unpaired) electrons. The number of thiol groups is 1. The highest BCUT2D eigenvalue weighted by Crippen LogP contribution is 2.55. The number of ether oxygens (including phenoxy) is 6. The highest BCUT2D eigenvalue weighted by atomic mass is 32.1. The summed E-state index contributed by atoms with van der Waals surface area (Å²) in [5, 5.41) is 131. The van der Waals surface area contributed by atoms with Gasteiger partial charge in [-0.25, -0.2) is 0 Å². The van der Waals surface area contributed by atoms with Gasteiger partial charge in [-0.2, -0.15) is 12.6 Å². The van der Waals surface area contributed by atoms with E-state index in [0.29, 0.717) is 0 Å². The highest BCUT2D eigenvalue weighted by Gasteiger charge is 2.53. The van der Waals surface area contributed by atoms with Crippen LogP contribution in [0.2, 0.25) is 0 Å². The molecule has 3 amide bonds. The second-order valence-corrected chi connectivity index (χ2v) is 25.5. The minimum atomic E-state index is -2.35. The largest absolute Gasteiger partial charge is 0.507 e. The number of aliphatic hydroxyl groups excluding tert-OH is 4. The Hall–Kier alpha value is -8.42. The van der Waals surface area contributed by atoms with Crippen LogP contribution in [0.1, 0.15) is 157 Å². The fraction of sp³-hybridized carbons (Fsp3) is 0.500. The first-order chi connectivity index (χ1) is 47.1. The molecule has 2 fully saturated rings. The van der Waals surface area contributed by atoms with Gasteiger partial charge in [0.25, 0.3) is 11.8 Å². The minimum Gasteiger partial charge on any atom is -0.507 e. The summed E-state index contributed by atoms with van der Waals surface area (Å²) in [6.45, 7) is -0.528. The number of hydrogen-bond acceptors (Lipinski definition) is 30. The van der Waals surface area contributed by atoms with Gasteiger partial charge in [0, 0.05) is 103 Å². The van der Waals surface area contributed by atoms with Crippen LogP contribution in [0.15, 0.2) is 46.7 Å². The summed E-state index contributed by atoms with van der Waals surface area (Å²) in [6, 6.07) is 5.57. The van der Waals surface area contributed by atoms with Crippen LogP contribution in [0.4, 0.5) is 0 Å². The number of nitrogens with two attached hydrogens (primary N) is 2. The van der Waals surface area contributed by atoms with Gasteiger partial charge in [0.2, 0.25) is 17.5 Å². The number of carbonyl (C=O) groups excluding carboxylic acids is 7. The lowest BCUT2D eigenvalue weighted by Crippen LogP contribution is -2.53. The zero-order valence-electron chi connectivity index (χ0n) is 54.2. The Kier molecular flexibility index (Phi) is 22.4. The Labute approximate surface area is 570 Å². The lowest BCUT2D eigenvalue weighted by Gasteiger charge is -2.42. The molecule has 99 heavy (non-hydrogen) atoms. The van der Waals surface area contributed by atoms with Crippen molar-refractivity contribution in [1.29, 1.82) is 0 Å². The summed E-state index contributed by atoms with van der Waals surface area (Å²) in [6.07, 6.45) is -11.6. The van der Waals surface area contributed by atoms with Crippen molar-refractivity contribution in [1.82, 2.24) is 16.0 Å². The average Bonchev–Trinajstić information content (AvgIpc) is 0.717. The van der Waals surface area contributed by atoms with Crippen molar-refractivity contribution >= 4 is 64.9 Å². The van der Waals surface area contributed by atoms with Crippen molar-refractivity contribution in [2.24, 2.45) is 21.8 Å². The number of methoxy groups -OCH3 is 2. The smallest absolute Gasteiger partial charge is 0.261 e. The Morgan fingerprint density at radius 3 is 1.47 bits per heavy atom. The molecule has 4 aromatic carbocycles. The van der Waals surface area contributed by atoms with Crippen LogP contribution >= 0.6 is 12.6 Å². The van der Waals surface area contributed by atoms with Crippen LogP contribution in [0, 0.1) is 0 Å². The molecule has 10 rings (SSSR count). The minimum absolute atomic E-state index is 0.00269. The number of rotatable bonds is 25. The molecule has 6 aliphatic rings. The molecule has 33 heteroatoms. The number of oxime groups is 2. The van der Waals surface area contributed by atoms with Crippen molar-refractivity contribution in [3.63, 3.8) is 0 Å². The number of benzene rings is 4. The van der Waals surface area contributed by atoms with Gasteiger partial charge in [-0.3, -0.25) is 33.6 Å². The van der Waals surface area contributed by atoms with E-state index in [0.717, 1.165) is 0 Å². The van der Waals surface area contributed by atoms with Crippen molar-refractivity contribution in [3.8, 4) is 34.5 Å². The van der Waals surface area contributed by atoms with Gasteiger partial charge >= 0.3 is 0 Å². The highest BCUT2D eigenvalue weighted by molar-refractivity contribution is 7.80. The predicted molar refractivity (Wildman–Crippen MR) is 346 cm³/mol. The SMILES string of the molecule is COc1cccc2c1C(=O)c1c(O)c3c(c(O)c1C2=O)C[C@@](O)(/C(CO)=N/OCC(=O)NCCCC[C@H](NC(=O)CO/N=C(\CO)[C@]1(O)Cc2c(O)c4c(c(O)c2[C@@H](O[C@H]2C[C@H](N)[C@H](O)[C@H](C)O2)C1)C(=O)c1c(OC)cccc1C4=O)C(=O)NCCS)C[C@@H]3O[C@H]1C[C@H](N)[C@H](O)[C@H](C)O1. The van der Waals surface area contributed by atoms with Crippen molar-refractivity contribution in [2.45, 2.75) is 150 Å². The van der Waals surface area contributed by atoms with Crippen LogP contribution in [0.25, 0.3) is 0 Å². The lowest BCUT2D eigenvalue weighted by molar-refractivity contribution is -0.246. The topological polar surface area (TPSA) is 508 Å². The Morgan fingerprint density at radius 1 is 0.626 bits per heavy atom. The fourth-order valence-corrected chi connectivity index (χ4v) is 13.8. The fourth-order valence-electron chi connectivity index (χ4n) is 13.6. The molecule has 4 aliphatic carbocycles. The normalized spacial score (nSPS) is 26.7. The number of ketones is 4. The van der Waals surface area contributed by atoms with Gasteiger partial charge in [0.05, 0.1) is 97.4 Å². The molecule has 32 nitrogen and oxygen atoms in total. The molecule has 2 saturated heterocycles. The number of carbonyl (C=O) groups is 7. The lowest BCUT2D eigenvalue weighted by atomic mass is 9.71. The number of nitrogens with one attached hydrogen (secondary N) is 3. The second-order valence-electron chi connectivity index (χ2n) is 25.1. The number of unbranched alkanes of at least 4 members (excludes halogenated alkanes) is 1. The number of hydrogen-bond donors (Lipinski definition) is 16. The van der Waals surface area contributed by atoms with Crippen LogP contribution in [0.3, 0.4) is 0 Å². The van der Waals surface area contributed by atoms with Crippen molar-refractivity contribution in [2.75, 3.05) is 59.5 Å². The molecular weight excluding hydrogens is 1320 g/mol. The quantitative estimate of drug-likeness (QED) is 0.0112. The van der Waals surface area contributed by atoms with Crippen LogP contribution in [-0.2, 0) is 55.8 Å². The maximum absolute atomic E-state index is 14.2. The standard InChI is InChI=1S/C66H79N7O25S/c1-27-54(78)33(67)17-44(95-27)97-38-21-65(89,19-31-48(38)62(86)52-50(58(31)82)56(80)29-9-7-12-36(91-3)46(29)60(52)84)40(23-74)72-93-25-42(76)69-14-6-5-11-35(64(88)70-15-16-99)71-43(77)26-94-73-41(24-75)66(90)20-32-49(39(22-66)98-45-18-34(68)55(79)28(2)96-45)63(87)53-51(59(32)83)57(81)30-10-8-13-37(92-4)47(30)61(53)85/h7-10,12-13,27-28,33-35,38-39,44-45,54-55,74-75,78-79,82-83,86-87,89-90,99H,5-6,11,14-26,67-68H2,1-4H3,(H,69,76)(H,70,88)(H,71,77)/b72-40+,73-41+/t27-,28-,33-,34-,35-,38-,39-,44-,45-,54+,55+,65-,66-/m0/s1. The monoisotopic (exact) mass is 1400 g/mol. The van der Waals surface area contributed by atoms with Crippen LogP contribution < -0.4 is 36.9 Å². The van der Waals surface area contributed by atoms with E-state index >= 15 is 0 Å². The third kappa shape index (κ3) is 14.3. The summed E-state index contributed by atoms with van der Waals surface area (Å²) in [5.41, 5.74) is 2.88. The Balaban J connectivity index is 0.781. The zero-order valence-corrected chi connectivity index (χ0v) is 55.1. The van der Waals surface area contributed by atoms with E-state index in [-0.39, 0.29) is 107 Å². The molecule has 2 heterocycles. The molecule has 0 aromatic heterocycles. The molecule has 4 aromatic rings. The Morgan fingerprint density at radius 2 is 1.06 bits per heavy atom. The van der Waals surface area contributed by atoms with E-state index in [4.69, 9.17) is 49.6 Å². The molecule has 0 unspecified atom stereocenters. The number of phenols is 4. The predicted octanol–water partition coefficient (Wildman–Crippen LogP) is -0.559. The molecule has 17 N–H and O–H groups in total. The molecule has 0 saturated carbocycles. The summed E-state index contributed by atoms with van der Waals surface area (Å²) < 4.78 is 35.1.